The summed E-state index contributed by atoms with van der Waals surface area (Å²) in [5, 5.41) is 4.17. The van der Waals surface area contributed by atoms with Crippen molar-refractivity contribution < 1.29 is 8.22 Å². The Morgan fingerprint density at radius 2 is 1.18 bits per heavy atom. The van der Waals surface area contributed by atoms with E-state index >= 15 is 0 Å². The fourth-order valence-corrected chi connectivity index (χ4v) is 14.9. The molecule has 0 N–H and O–H groups in total. The largest absolute Gasteiger partial charge is 0.278 e. The van der Waals surface area contributed by atoms with Gasteiger partial charge in [-0.15, -0.1) is 0 Å². The Kier molecular flexibility index (Phi) is 5.51. The molecule has 3 nitrogen and oxygen atoms in total. The van der Waals surface area contributed by atoms with Gasteiger partial charge in [0.05, 0.1) is 22.1 Å². The standard InChI is InChI=1S/C46H35N3SSi/c1-46(2)36-23-9-14-29-42(36)50-44-37(46)24-16-30-43(44)51(33-18-5-3-6-19-33,34-20-7-4-8-21-34)35-22-15-17-32(31-35)48-40-27-12-13-28-41(40)49-39-26-11-10-25-38(39)47-45(48)49/h3-31H,1-2H3/i1D3,2D3. The van der Waals surface area contributed by atoms with E-state index in [0.717, 1.165) is 54.3 Å². The fraction of sp³-hybridized carbons (Fsp3) is 0.0652. The molecule has 0 unspecified atom stereocenters. The lowest BCUT2D eigenvalue weighted by Crippen LogP contribution is -2.75. The fourth-order valence-electron chi connectivity index (χ4n) is 8.18. The van der Waals surface area contributed by atoms with Gasteiger partial charge in [0.15, 0.2) is 8.07 Å². The van der Waals surface area contributed by atoms with Crippen LogP contribution in [0.3, 0.4) is 0 Å². The smallest absolute Gasteiger partial charge is 0.220 e. The van der Waals surface area contributed by atoms with Crippen LogP contribution < -0.4 is 20.7 Å². The number of nitrogens with zero attached hydrogens (tertiary/aromatic N) is 3. The molecule has 5 heteroatoms. The second-order valence-corrected chi connectivity index (χ2v) is 17.9. The van der Waals surface area contributed by atoms with E-state index in [2.05, 4.69) is 106 Å². The van der Waals surface area contributed by atoms with E-state index in [1.54, 1.807) is 18.2 Å². The van der Waals surface area contributed by atoms with Crippen LogP contribution in [0, 0.1) is 0 Å². The van der Waals surface area contributed by atoms with Gasteiger partial charge in [-0.05, 0) is 74.3 Å². The highest BCUT2D eigenvalue weighted by Gasteiger charge is 2.46. The van der Waals surface area contributed by atoms with E-state index in [9.17, 15) is 0 Å². The molecule has 1 aliphatic heterocycles. The summed E-state index contributed by atoms with van der Waals surface area (Å²) in [6.07, 6.45) is 0. The predicted octanol–water partition coefficient (Wildman–Crippen LogP) is 8.60. The lowest BCUT2D eigenvalue weighted by atomic mass is 9.78. The van der Waals surface area contributed by atoms with Crippen molar-refractivity contribution in [3.8, 4) is 5.69 Å². The van der Waals surface area contributed by atoms with Crippen LogP contribution in [0.5, 0.6) is 0 Å². The van der Waals surface area contributed by atoms with Gasteiger partial charge in [-0.2, -0.15) is 0 Å². The van der Waals surface area contributed by atoms with Crippen molar-refractivity contribution >= 4 is 68.4 Å². The molecule has 0 fully saturated rings. The van der Waals surface area contributed by atoms with E-state index in [4.69, 9.17) is 13.2 Å². The zero-order valence-corrected chi connectivity index (χ0v) is 29.3. The van der Waals surface area contributed by atoms with Gasteiger partial charge in [-0.3, -0.25) is 8.97 Å². The van der Waals surface area contributed by atoms with Crippen molar-refractivity contribution in [1.82, 2.24) is 14.0 Å². The van der Waals surface area contributed by atoms with Gasteiger partial charge in [0.2, 0.25) is 5.78 Å². The summed E-state index contributed by atoms with van der Waals surface area (Å²) in [6, 6.07) is 58.9. The maximum Gasteiger partial charge on any atom is 0.220 e. The number of para-hydroxylation sites is 4. The second-order valence-electron chi connectivity index (χ2n) is 13.1. The SMILES string of the molecule is [2H]C([2H])([2H])C1(C([2H])([2H])[2H])c2ccccc2Sc2c1cccc2[Si](c1ccccc1)(c1ccccc1)c1cccc(-n2c3ccccc3n3c4ccccc4nc23)c1. The topological polar surface area (TPSA) is 22.2 Å². The van der Waals surface area contributed by atoms with Crippen LogP contribution >= 0.6 is 11.8 Å². The lowest BCUT2D eigenvalue weighted by molar-refractivity contribution is 0.608. The average Bonchev–Trinajstić information content (AvgIpc) is 3.75. The first-order valence-electron chi connectivity index (χ1n) is 20.1. The number of hydrogen-bond acceptors (Lipinski definition) is 2. The minimum absolute atomic E-state index is 0.309. The molecule has 0 atom stereocenters. The minimum atomic E-state index is -3.42. The highest BCUT2D eigenvalue weighted by atomic mass is 32.2. The monoisotopic (exact) mass is 695 g/mol. The maximum absolute atomic E-state index is 9.06. The Balaban J connectivity index is 1.34. The molecular formula is C46H35N3SSi. The van der Waals surface area contributed by atoms with Crippen molar-refractivity contribution in [1.29, 1.82) is 0 Å². The molecule has 9 aromatic rings. The third-order valence-corrected chi connectivity index (χ3v) is 16.6. The highest BCUT2D eigenvalue weighted by molar-refractivity contribution is 7.99. The van der Waals surface area contributed by atoms with Crippen LogP contribution in [0.1, 0.15) is 33.1 Å². The number of rotatable bonds is 5. The quantitative estimate of drug-likeness (QED) is 0.133. The van der Waals surface area contributed by atoms with E-state index in [1.807, 2.05) is 60.7 Å². The van der Waals surface area contributed by atoms with Crippen LogP contribution in [-0.2, 0) is 5.41 Å². The Labute approximate surface area is 311 Å². The number of imidazole rings is 2. The molecule has 7 aromatic carbocycles. The van der Waals surface area contributed by atoms with E-state index < -0.39 is 27.2 Å². The zero-order chi connectivity index (χ0) is 39.2. The van der Waals surface area contributed by atoms with Gasteiger partial charge >= 0.3 is 0 Å². The molecule has 2 aromatic heterocycles. The third kappa shape index (κ3) is 4.35. The molecule has 1 aliphatic rings. The van der Waals surface area contributed by atoms with Gasteiger partial charge < -0.3 is 0 Å². The Morgan fingerprint density at radius 3 is 1.94 bits per heavy atom. The summed E-state index contributed by atoms with van der Waals surface area (Å²) in [5.41, 5.74) is 3.27. The van der Waals surface area contributed by atoms with Crippen molar-refractivity contribution in [2.24, 2.45) is 0 Å². The second kappa shape index (κ2) is 11.5. The lowest BCUT2D eigenvalue weighted by Gasteiger charge is -2.40. The zero-order valence-electron chi connectivity index (χ0n) is 33.5. The highest BCUT2D eigenvalue weighted by Crippen LogP contribution is 2.48. The van der Waals surface area contributed by atoms with Crippen LogP contribution in [0.4, 0.5) is 0 Å². The third-order valence-electron chi connectivity index (χ3n) is 10.4. The Hall–Kier alpha value is -5.62. The Bertz CT molecular complexity index is 2940. The normalized spacial score (nSPS) is 16.0. The summed E-state index contributed by atoms with van der Waals surface area (Å²) in [7, 11) is -3.42. The molecule has 51 heavy (non-hydrogen) atoms. The van der Waals surface area contributed by atoms with Crippen LogP contribution in [0.2, 0.25) is 0 Å². The van der Waals surface area contributed by atoms with Crippen molar-refractivity contribution in [2.45, 2.75) is 28.9 Å². The summed E-state index contributed by atoms with van der Waals surface area (Å²) in [5.74, 6) is 0.797. The molecule has 0 saturated carbocycles. The molecule has 3 heterocycles. The Morgan fingerprint density at radius 1 is 0.569 bits per heavy atom. The number of fused-ring (bicyclic) bond motifs is 7. The van der Waals surface area contributed by atoms with Gasteiger partial charge in [-0.1, -0.05) is 159 Å². The summed E-state index contributed by atoms with van der Waals surface area (Å²) >= 11 is 1.48. The summed E-state index contributed by atoms with van der Waals surface area (Å²) in [4.78, 5) is 6.48. The molecule has 0 aliphatic carbocycles. The molecule has 0 amide bonds. The van der Waals surface area contributed by atoms with E-state index in [1.165, 1.54) is 11.8 Å². The summed E-state index contributed by atoms with van der Waals surface area (Å²) in [6.45, 7) is -5.80. The minimum Gasteiger partial charge on any atom is -0.278 e. The number of aromatic nitrogens is 3. The molecule has 0 saturated heterocycles. The van der Waals surface area contributed by atoms with Gasteiger partial charge in [-0.25, -0.2) is 4.98 Å². The molecule has 0 bridgehead atoms. The molecule has 0 spiro atoms. The maximum atomic E-state index is 9.06. The van der Waals surface area contributed by atoms with Crippen LogP contribution in [-0.4, -0.2) is 22.0 Å². The van der Waals surface area contributed by atoms with Crippen molar-refractivity contribution in [3.05, 3.63) is 187 Å². The van der Waals surface area contributed by atoms with Crippen LogP contribution in [0.25, 0.3) is 33.5 Å². The molecule has 244 valence electrons. The van der Waals surface area contributed by atoms with Crippen LogP contribution in [0.15, 0.2) is 186 Å². The van der Waals surface area contributed by atoms with Gasteiger partial charge in [0, 0.05) is 29.1 Å². The van der Waals surface area contributed by atoms with Crippen molar-refractivity contribution in [3.63, 3.8) is 0 Å². The first-order chi connectivity index (χ1) is 27.6. The average molecular weight is 696 g/mol. The van der Waals surface area contributed by atoms with E-state index in [0.29, 0.717) is 20.9 Å². The number of hydrogen-bond donors (Lipinski definition) is 0. The molecule has 10 rings (SSSR count). The first-order valence-corrected chi connectivity index (χ1v) is 19.9. The first kappa shape index (κ1) is 24.5. The summed E-state index contributed by atoms with van der Waals surface area (Å²) < 4.78 is 58.8. The molecule has 0 radical (unpaired) electrons. The number of benzene rings is 7. The molecular weight excluding hydrogens is 655 g/mol. The van der Waals surface area contributed by atoms with Gasteiger partial charge in [0.1, 0.15) is 0 Å². The predicted molar refractivity (Wildman–Crippen MR) is 216 cm³/mol. The van der Waals surface area contributed by atoms with Gasteiger partial charge in [0.25, 0.3) is 0 Å². The van der Waals surface area contributed by atoms with Crippen molar-refractivity contribution in [2.75, 3.05) is 0 Å². The van der Waals surface area contributed by atoms with E-state index in [-0.39, 0.29) is 0 Å².